The van der Waals surface area contributed by atoms with Gasteiger partial charge in [-0.25, -0.2) is 0 Å². The molecule has 0 saturated carbocycles. The average molecular weight is 414 g/mol. The minimum atomic E-state index is 1.09. The second-order valence-corrected chi connectivity index (χ2v) is 7.19. The molecule has 4 heteroatoms. The number of hydrogen-bond donors (Lipinski definition) is 2. The molecular formula is C18H10Br2N2. The Morgan fingerprint density at radius 1 is 0.500 bits per heavy atom. The minimum Gasteiger partial charge on any atom is -0.352 e. The summed E-state index contributed by atoms with van der Waals surface area (Å²) in [5, 5.41) is 4.96. The van der Waals surface area contributed by atoms with Crippen molar-refractivity contribution in [2.45, 2.75) is 0 Å². The molecule has 0 saturated heterocycles. The van der Waals surface area contributed by atoms with Gasteiger partial charge in [0, 0.05) is 30.5 Å². The molecule has 0 amide bonds. The van der Waals surface area contributed by atoms with Crippen molar-refractivity contribution in [3.05, 3.63) is 57.5 Å². The van der Waals surface area contributed by atoms with Gasteiger partial charge in [-0.3, -0.25) is 0 Å². The molecule has 0 aliphatic heterocycles. The molecule has 2 nitrogen and oxygen atoms in total. The Labute approximate surface area is 142 Å². The minimum absolute atomic E-state index is 1.09. The van der Waals surface area contributed by atoms with E-state index in [2.05, 4.69) is 90.4 Å². The summed E-state index contributed by atoms with van der Waals surface area (Å²) in [7, 11) is 0. The third kappa shape index (κ3) is 1.54. The van der Waals surface area contributed by atoms with Crippen LogP contribution in [0.25, 0.3) is 43.6 Å². The van der Waals surface area contributed by atoms with Crippen molar-refractivity contribution in [2.75, 3.05) is 0 Å². The van der Waals surface area contributed by atoms with E-state index < -0.39 is 0 Å². The smallest absolute Gasteiger partial charge is 0.0710 e. The zero-order valence-corrected chi connectivity index (χ0v) is 14.5. The van der Waals surface area contributed by atoms with E-state index in [1.54, 1.807) is 0 Å². The summed E-state index contributed by atoms with van der Waals surface area (Å²) in [5.74, 6) is 0. The number of H-pyrrole nitrogens is 2. The summed E-state index contributed by atoms with van der Waals surface area (Å²) in [6.07, 6.45) is 0. The summed E-state index contributed by atoms with van der Waals surface area (Å²) in [6, 6.07) is 17.0. The molecule has 0 aliphatic rings. The Morgan fingerprint density at radius 3 is 1.36 bits per heavy atom. The summed E-state index contributed by atoms with van der Waals surface area (Å²) in [5.41, 5.74) is 4.59. The van der Waals surface area contributed by atoms with Crippen molar-refractivity contribution in [3.8, 4) is 0 Å². The lowest BCUT2D eigenvalue weighted by atomic mass is 10.1. The van der Waals surface area contributed by atoms with E-state index in [0.717, 1.165) is 31.0 Å². The first-order valence-corrected chi connectivity index (χ1v) is 8.61. The number of rotatable bonds is 0. The first-order chi connectivity index (χ1) is 10.7. The largest absolute Gasteiger partial charge is 0.352 e. The number of benzene rings is 3. The standard InChI is InChI=1S/C18H10Br2N2/c19-13-5-1-3-9-11-7-8-12-10-4-2-6-14(20)16(10)22-18(12)17(11)21-15(9)13/h1-8,21-22H. The number of para-hydroxylation sites is 2. The van der Waals surface area contributed by atoms with Crippen molar-refractivity contribution >= 4 is 75.5 Å². The van der Waals surface area contributed by atoms with Gasteiger partial charge < -0.3 is 9.97 Å². The van der Waals surface area contributed by atoms with Gasteiger partial charge in [0.25, 0.3) is 0 Å². The molecule has 2 heterocycles. The van der Waals surface area contributed by atoms with Crippen molar-refractivity contribution in [1.82, 2.24) is 9.97 Å². The second-order valence-electron chi connectivity index (χ2n) is 5.49. The van der Waals surface area contributed by atoms with Crippen molar-refractivity contribution in [3.63, 3.8) is 0 Å². The predicted octanol–water partition coefficient (Wildman–Crippen LogP) is 6.48. The molecule has 2 aromatic heterocycles. The molecule has 106 valence electrons. The van der Waals surface area contributed by atoms with Gasteiger partial charge in [-0.2, -0.15) is 0 Å². The Balaban J connectivity index is 2.08. The number of aromatic nitrogens is 2. The summed E-state index contributed by atoms with van der Waals surface area (Å²) >= 11 is 7.27. The summed E-state index contributed by atoms with van der Waals surface area (Å²) < 4.78 is 2.18. The van der Waals surface area contributed by atoms with Gasteiger partial charge in [-0.15, -0.1) is 0 Å². The molecule has 0 unspecified atom stereocenters. The van der Waals surface area contributed by atoms with Gasteiger partial charge in [0.05, 0.1) is 22.1 Å². The number of hydrogen-bond acceptors (Lipinski definition) is 0. The van der Waals surface area contributed by atoms with Gasteiger partial charge in [-0.1, -0.05) is 36.4 Å². The summed E-state index contributed by atoms with van der Waals surface area (Å²) in [6.45, 7) is 0. The monoisotopic (exact) mass is 412 g/mol. The number of nitrogens with one attached hydrogen (secondary N) is 2. The molecule has 0 radical (unpaired) electrons. The van der Waals surface area contributed by atoms with Gasteiger partial charge in [0.1, 0.15) is 0 Å². The van der Waals surface area contributed by atoms with Gasteiger partial charge in [-0.05, 0) is 44.0 Å². The van der Waals surface area contributed by atoms with Crippen LogP contribution in [0, 0.1) is 0 Å². The quantitative estimate of drug-likeness (QED) is 0.291. The van der Waals surface area contributed by atoms with Crippen LogP contribution in [-0.2, 0) is 0 Å². The molecule has 0 atom stereocenters. The van der Waals surface area contributed by atoms with E-state index in [9.17, 15) is 0 Å². The topological polar surface area (TPSA) is 31.6 Å². The maximum absolute atomic E-state index is 3.64. The maximum Gasteiger partial charge on any atom is 0.0710 e. The number of halogens is 2. The van der Waals surface area contributed by atoms with Crippen LogP contribution in [0.1, 0.15) is 0 Å². The molecular weight excluding hydrogens is 404 g/mol. The third-order valence-electron chi connectivity index (χ3n) is 4.31. The average Bonchev–Trinajstić information content (AvgIpc) is 3.07. The van der Waals surface area contributed by atoms with Crippen LogP contribution in [0.3, 0.4) is 0 Å². The third-order valence-corrected chi connectivity index (χ3v) is 5.63. The molecule has 2 N–H and O–H groups in total. The predicted molar refractivity (Wildman–Crippen MR) is 101 cm³/mol. The van der Waals surface area contributed by atoms with E-state index in [1.165, 1.54) is 21.5 Å². The zero-order chi connectivity index (χ0) is 14.8. The summed E-state index contributed by atoms with van der Waals surface area (Å²) in [4.78, 5) is 7.15. The highest BCUT2D eigenvalue weighted by Crippen LogP contribution is 2.37. The van der Waals surface area contributed by atoms with Crippen molar-refractivity contribution in [2.24, 2.45) is 0 Å². The highest BCUT2D eigenvalue weighted by Gasteiger charge is 2.13. The Bertz CT molecular complexity index is 1100. The van der Waals surface area contributed by atoms with Crippen molar-refractivity contribution in [1.29, 1.82) is 0 Å². The number of aromatic amines is 2. The highest BCUT2D eigenvalue weighted by molar-refractivity contribution is 9.11. The Hall–Kier alpha value is -1.78. The van der Waals surface area contributed by atoms with Gasteiger partial charge >= 0.3 is 0 Å². The molecule has 3 aromatic carbocycles. The molecule has 5 aromatic rings. The van der Waals surface area contributed by atoms with E-state index in [1.807, 2.05) is 0 Å². The van der Waals surface area contributed by atoms with Crippen LogP contribution >= 0.6 is 31.9 Å². The molecule has 0 fully saturated rings. The Kier molecular flexibility index (Phi) is 2.53. The lowest BCUT2D eigenvalue weighted by Gasteiger charge is -1.94. The fourth-order valence-electron chi connectivity index (χ4n) is 3.31. The second kappa shape index (κ2) is 4.37. The van der Waals surface area contributed by atoms with Crippen LogP contribution in [0.5, 0.6) is 0 Å². The zero-order valence-electron chi connectivity index (χ0n) is 11.4. The van der Waals surface area contributed by atoms with Crippen LogP contribution in [0.2, 0.25) is 0 Å². The van der Waals surface area contributed by atoms with E-state index in [-0.39, 0.29) is 0 Å². The van der Waals surface area contributed by atoms with E-state index >= 15 is 0 Å². The first-order valence-electron chi connectivity index (χ1n) is 7.03. The van der Waals surface area contributed by atoms with E-state index in [0.29, 0.717) is 0 Å². The van der Waals surface area contributed by atoms with Crippen LogP contribution < -0.4 is 0 Å². The van der Waals surface area contributed by atoms with Crippen LogP contribution in [0.15, 0.2) is 57.5 Å². The molecule has 22 heavy (non-hydrogen) atoms. The van der Waals surface area contributed by atoms with Gasteiger partial charge in [0.15, 0.2) is 0 Å². The van der Waals surface area contributed by atoms with Crippen LogP contribution in [-0.4, -0.2) is 9.97 Å². The molecule has 0 spiro atoms. The first kappa shape index (κ1) is 12.7. The molecule has 0 bridgehead atoms. The Morgan fingerprint density at radius 2 is 0.909 bits per heavy atom. The molecule has 5 rings (SSSR count). The number of fused-ring (bicyclic) bond motifs is 7. The maximum atomic E-state index is 3.64. The lowest BCUT2D eigenvalue weighted by Crippen LogP contribution is -1.72. The molecule has 0 aliphatic carbocycles. The van der Waals surface area contributed by atoms with Crippen LogP contribution in [0.4, 0.5) is 0 Å². The fraction of sp³-hybridized carbons (Fsp3) is 0. The fourth-order valence-corrected chi connectivity index (χ4v) is 4.24. The van der Waals surface area contributed by atoms with Gasteiger partial charge in [0.2, 0.25) is 0 Å². The normalized spacial score (nSPS) is 12.1. The SMILES string of the molecule is Brc1cccc2c1[nH]c1c2ccc2c3cccc(Br)c3[nH]c21. The lowest BCUT2D eigenvalue weighted by molar-refractivity contribution is 1.50. The van der Waals surface area contributed by atoms with Crippen molar-refractivity contribution < 1.29 is 0 Å². The van der Waals surface area contributed by atoms with E-state index in [4.69, 9.17) is 0 Å². The highest BCUT2D eigenvalue weighted by atomic mass is 79.9.